The zero-order valence-corrected chi connectivity index (χ0v) is 12.9. The first-order chi connectivity index (χ1) is 9.97. The van der Waals surface area contributed by atoms with Crippen LogP contribution in [-0.2, 0) is 10.2 Å². The molecule has 0 saturated heterocycles. The average molecular weight is 289 g/mol. The topological polar surface area (TPSA) is 47.6 Å². The molecule has 2 unspecified atom stereocenters. The predicted octanol–water partition coefficient (Wildman–Crippen LogP) is 2.51. The molecule has 1 aromatic rings. The van der Waals surface area contributed by atoms with E-state index in [0.717, 1.165) is 23.5 Å². The molecule has 1 N–H and O–H groups in total. The van der Waals surface area contributed by atoms with Crippen molar-refractivity contribution in [2.45, 2.75) is 32.6 Å². The Morgan fingerprint density at radius 3 is 2.62 bits per heavy atom. The third-order valence-electron chi connectivity index (χ3n) is 4.47. The Kier molecular flexibility index (Phi) is 3.56. The van der Waals surface area contributed by atoms with E-state index >= 15 is 0 Å². The molecule has 0 spiro atoms. The van der Waals surface area contributed by atoms with Gasteiger partial charge in [0.1, 0.15) is 13.2 Å². The highest BCUT2D eigenvalue weighted by molar-refractivity contribution is 5.81. The van der Waals surface area contributed by atoms with E-state index in [1.54, 1.807) is 0 Å². The maximum absolute atomic E-state index is 12.0. The van der Waals surface area contributed by atoms with Gasteiger partial charge in [0.2, 0.25) is 5.91 Å². The van der Waals surface area contributed by atoms with Crippen molar-refractivity contribution in [1.82, 2.24) is 5.32 Å². The van der Waals surface area contributed by atoms with Crippen LogP contribution in [0.2, 0.25) is 0 Å². The van der Waals surface area contributed by atoms with Gasteiger partial charge in [-0.25, -0.2) is 0 Å². The van der Waals surface area contributed by atoms with E-state index in [0.29, 0.717) is 25.7 Å². The molecule has 114 valence electrons. The Hall–Kier alpha value is -1.71. The van der Waals surface area contributed by atoms with Crippen molar-refractivity contribution in [3.63, 3.8) is 0 Å². The van der Waals surface area contributed by atoms with Crippen LogP contribution < -0.4 is 14.8 Å². The first-order valence-electron chi connectivity index (χ1n) is 7.65. The number of ether oxygens (including phenoxy) is 2. The summed E-state index contributed by atoms with van der Waals surface area (Å²) in [5.41, 5.74) is 1.01. The molecule has 4 heteroatoms. The highest BCUT2D eigenvalue weighted by Crippen LogP contribution is 2.38. The minimum atomic E-state index is -0.135. The number of hydrogen-bond acceptors (Lipinski definition) is 3. The number of fused-ring (bicyclic) bond motifs is 1. The van der Waals surface area contributed by atoms with Gasteiger partial charge in [-0.3, -0.25) is 4.79 Å². The normalized spacial score (nSPS) is 23.6. The van der Waals surface area contributed by atoms with Gasteiger partial charge in [0, 0.05) is 17.9 Å². The number of nitrogens with one attached hydrogen (secondary N) is 1. The van der Waals surface area contributed by atoms with Crippen LogP contribution >= 0.6 is 0 Å². The lowest BCUT2D eigenvalue weighted by Crippen LogP contribution is -2.37. The number of benzene rings is 1. The number of amides is 1. The van der Waals surface area contributed by atoms with E-state index in [9.17, 15) is 4.79 Å². The van der Waals surface area contributed by atoms with Crippen LogP contribution in [0.25, 0.3) is 0 Å². The molecule has 0 radical (unpaired) electrons. The molecule has 1 fully saturated rings. The highest BCUT2D eigenvalue weighted by atomic mass is 16.6. The van der Waals surface area contributed by atoms with Crippen LogP contribution in [-0.4, -0.2) is 25.7 Å². The van der Waals surface area contributed by atoms with Crippen molar-refractivity contribution in [3.8, 4) is 11.5 Å². The minimum absolute atomic E-state index is 0.135. The van der Waals surface area contributed by atoms with Crippen molar-refractivity contribution in [3.05, 3.63) is 23.8 Å². The Morgan fingerprint density at radius 2 is 1.95 bits per heavy atom. The molecule has 2 aliphatic rings. The molecule has 1 amide bonds. The van der Waals surface area contributed by atoms with Gasteiger partial charge in [0.15, 0.2) is 11.5 Å². The molecule has 1 saturated carbocycles. The van der Waals surface area contributed by atoms with Crippen molar-refractivity contribution >= 4 is 5.91 Å². The quantitative estimate of drug-likeness (QED) is 0.926. The van der Waals surface area contributed by atoms with Gasteiger partial charge in [-0.15, -0.1) is 0 Å². The van der Waals surface area contributed by atoms with Gasteiger partial charge in [0.25, 0.3) is 0 Å². The second-order valence-corrected chi connectivity index (χ2v) is 6.78. The van der Waals surface area contributed by atoms with E-state index in [4.69, 9.17) is 9.47 Å². The first kappa shape index (κ1) is 14.2. The Balaban J connectivity index is 1.67. The Labute approximate surface area is 125 Å². The van der Waals surface area contributed by atoms with Crippen LogP contribution in [0.3, 0.4) is 0 Å². The van der Waals surface area contributed by atoms with E-state index < -0.39 is 0 Å². The van der Waals surface area contributed by atoms with Crippen molar-refractivity contribution < 1.29 is 14.3 Å². The fourth-order valence-corrected chi connectivity index (χ4v) is 2.69. The molecule has 4 nitrogen and oxygen atoms in total. The maximum atomic E-state index is 12.0. The van der Waals surface area contributed by atoms with Gasteiger partial charge in [-0.05, 0) is 30.0 Å². The van der Waals surface area contributed by atoms with Crippen LogP contribution in [0.1, 0.15) is 32.8 Å². The third-order valence-corrected chi connectivity index (χ3v) is 4.47. The number of carbonyl (C=O) groups is 1. The largest absolute Gasteiger partial charge is 0.486 e. The number of rotatable bonds is 4. The van der Waals surface area contributed by atoms with Crippen LogP contribution in [0, 0.1) is 11.8 Å². The SMILES string of the molecule is CC1CC1C(=O)NCC(C)(C)c1ccc2c(c1)OCCO2. The molecule has 3 rings (SSSR count). The monoisotopic (exact) mass is 289 g/mol. The standard InChI is InChI=1S/C17H23NO3/c1-11-8-13(11)16(19)18-10-17(2,3)12-4-5-14-15(9-12)21-7-6-20-14/h4-5,9,11,13H,6-8,10H2,1-3H3,(H,18,19). The van der Waals surface area contributed by atoms with Crippen LogP contribution in [0.4, 0.5) is 0 Å². The highest BCUT2D eigenvalue weighted by Gasteiger charge is 2.39. The van der Waals surface area contributed by atoms with E-state index in [1.807, 2.05) is 12.1 Å². The molecule has 0 bridgehead atoms. The second kappa shape index (κ2) is 5.24. The summed E-state index contributed by atoms with van der Waals surface area (Å²) >= 11 is 0. The fourth-order valence-electron chi connectivity index (χ4n) is 2.69. The Morgan fingerprint density at radius 1 is 1.29 bits per heavy atom. The molecule has 1 aromatic carbocycles. The lowest BCUT2D eigenvalue weighted by molar-refractivity contribution is -0.122. The minimum Gasteiger partial charge on any atom is -0.486 e. The summed E-state index contributed by atoms with van der Waals surface area (Å²) in [5, 5.41) is 3.08. The average Bonchev–Trinajstić information content (AvgIpc) is 3.21. The van der Waals surface area contributed by atoms with Gasteiger partial charge in [-0.1, -0.05) is 26.8 Å². The lowest BCUT2D eigenvalue weighted by Gasteiger charge is -2.28. The Bertz CT molecular complexity index is 553. The zero-order valence-electron chi connectivity index (χ0n) is 12.9. The molecule has 1 aliphatic carbocycles. The third kappa shape index (κ3) is 2.99. The van der Waals surface area contributed by atoms with Gasteiger partial charge < -0.3 is 14.8 Å². The molecule has 0 aromatic heterocycles. The summed E-state index contributed by atoms with van der Waals surface area (Å²) in [6.07, 6.45) is 1.02. The number of carbonyl (C=O) groups excluding carboxylic acids is 1. The zero-order chi connectivity index (χ0) is 15.0. The lowest BCUT2D eigenvalue weighted by atomic mass is 9.84. The summed E-state index contributed by atoms with van der Waals surface area (Å²) in [4.78, 5) is 12.0. The van der Waals surface area contributed by atoms with Crippen molar-refractivity contribution in [2.24, 2.45) is 11.8 Å². The molecular formula is C17H23NO3. The molecule has 1 heterocycles. The molecule has 1 aliphatic heterocycles. The van der Waals surface area contributed by atoms with Crippen molar-refractivity contribution in [2.75, 3.05) is 19.8 Å². The molecule has 21 heavy (non-hydrogen) atoms. The van der Waals surface area contributed by atoms with Crippen LogP contribution in [0.5, 0.6) is 11.5 Å². The first-order valence-corrected chi connectivity index (χ1v) is 7.65. The summed E-state index contributed by atoms with van der Waals surface area (Å²) in [5.74, 6) is 2.56. The molecular weight excluding hydrogens is 266 g/mol. The summed E-state index contributed by atoms with van der Waals surface area (Å²) < 4.78 is 11.2. The van der Waals surface area contributed by atoms with E-state index in [1.165, 1.54) is 0 Å². The second-order valence-electron chi connectivity index (χ2n) is 6.78. The van der Waals surface area contributed by atoms with Gasteiger partial charge in [-0.2, -0.15) is 0 Å². The van der Waals surface area contributed by atoms with E-state index in [-0.39, 0.29) is 17.2 Å². The maximum Gasteiger partial charge on any atom is 0.223 e. The van der Waals surface area contributed by atoms with Gasteiger partial charge in [0.05, 0.1) is 0 Å². The summed E-state index contributed by atoms with van der Waals surface area (Å²) in [7, 11) is 0. The smallest absolute Gasteiger partial charge is 0.223 e. The number of hydrogen-bond donors (Lipinski definition) is 1. The predicted molar refractivity (Wildman–Crippen MR) is 80.7 cm³/mol. The van der Waals surface area contributed by atoms with Gasteiger partial charge >= 0.3 is 0 Å². The van der Waals surface area contributed by atoms with Crippen LogP contribution in [0.15, 0.2) is 18.2 Å². The summed E-state index contributed by atoms with van der Waals surface area (Å²) in [6, 6.07) is 6.04. The fraction of sp³-hybridized carbons (Fsp3) is 0.588. The van der Waals surface area contributed by atoms with Crippen molar-refractivity contribution in [1.29, 1.82) is 0 Å². The molecule has 2 atom stereocenters. The summed E-state index contributed by atoms with van der Waals surface area (Å²) in [6.45, 7) is 8.22. The van der Waals surface area contributed by atoms with E-state index in [2.05, 4.69) is 32.2 Å².